The summed E-state index contributed by atoms with van der Waals surface area (Å²) in [5.41, 5.74) is 0.642. The number of rotatable bonds is 5. The van der Waals surface area contributed by atoms with E-state index < -0.39 is 0 Å². The molecule has 0 heterocycles. The molecule has 0 unspecified atom stereocenters. The highest BCUT2D eigenvalue weighted by molar-refractivity contribution is 5.97. The van der Waals surface area contributed by atoms with Crippen molar-refractivity contribution in [3.8, 4) is 11.5 Å². The van der Waals surface area contributed by atoms with E-state index in [2.05, 4.69) is 6.92 Å². The van der Waals surface area contributed by atoms with Gasteiger partial charge in [-0.2, -0.15) is 0 Å². The molecular weight excluding hydrogens is 252 g/mol. The van der Waals surface area contributed by atoms with Crippen LogP contribution in [0.3, 0.4) is 0 Å². The van der Waals surface area contributed by atoms with Gasteiger partial charge in [0.15, 0.2) is 5.78 Å². The Hall–Kier alpha value is -1.51. The van der Waals surface area contributed by atoms with E-state index in [-0.39, 0.29) is 11.9 Å². The number of hydrogen-bond acceptors (Lipinski definition) is 3. The van der Waals surface area contributed by atoms with Crippen LogP contribution in [0.1, 0.15) is 56.3 Å². The molecule has 1 fully saturated rings. The number of ether oxygens (including phenoxy) is 2. The lowest BCUT2D eigenvalue weighted by Gasteiger charge is -2.29. The van der Waals surface area contributed by atoms with E-state index in [1.807, 2.05) is 6.07 Å². The number of ketones is 1. The molecule has 0 aromatic heterocycles. The second-order valence-electron chi connectivity index (χ2n) is 5.59. The summed E-state index contributed by atoms with van der Waals surface area (Å²) in [6.07, 6.45) is 6.08. The monoisotopic (exact) mass is 276 g/mol. The van der Waals surface area contributed by atoms with Gasteiger partial charge in [-0.15, -0.1) is 0 Å². The molecule has 0 amide bonds. The van der Waals surface area contributed by atoms with Gasteiger partial charge in [-0.25, -0.2) is 0 Å². The van der Waals surface area contributed by atoms with Crippen LogP contribution >= 0.6 is 0 Å². The zero-order valence-electron chi connectivity index (χ0n) is 12.6. The van der Waals surface area contributed by atoms with Crippen molar-refractivity contribution in [2.24, 2.45) is 5.92 Å². The first-order valence-corrected chi connectivity index (χ1v) is 7.49. The van der Waals surface area contributed by atoms with Crippen molar-refractivity contribution in [1.29, 1.82) is 0 Å². The highest BCUT2D eigenvalue weighted by atomic mass is 16.5. The van der Waals surface area contributed by atoms with Gasteiger partial charge in [0.2, 0.25) is 0 Å². The van der Waals surface area contributed by atoms with E-state index in [4.69, 9.17) is 9.47 Å². The third kappa shape index (κ3) is 3.53. The van der Waals surface area contributed by atoms with Gasteiger partial charge in [0, 0.05) is 6.07 Å². The Labute approximate surface area is 121 Å². The molecule has 1 aliphatic rings. The van der Waals surface area contributed by atoms with E-state index in [0.717, 1.165) is 24.5 Å². The van der Waals surface area contributed by atoms with Crippen LogP contribution in [0.15, 0.2) is 18.2 Å². The van der Waals surface area contributed by atoms with Gasteiger partial charge in [-0.1, -0.05) is 13.3 Å². The Balaban J connectivity index is 2.09. The zero-order chi connectivity index (χ0) is 14.5. The van der Waals surface area contributed by atoms with Gasteiger partial charge in [0.05, 0.1) is 18.8 Å². The molecule has 3 heteroatoms. The fourth-order valence-corrected chi connectivity index (χ4v) is 2.86. The number of hydrogen-bond donors (Lipinski definition) is 0. The highest BCUT2D eigenvalue weighted by Gasteiger charge is 2.22. The van der Waals surface area contributed by atoms with Gasteiger partial charge in [0.25, 0.3) is 0 Å². The highest BCUT2D eigenvalue weighted by Crippen LogP contribution is 2.32. The molecule has 0 spiro atoms. The smallest absolute Gasteiger partial charge is 0.163 e. The summed E-state index contributed by atoms with van der Waals surface area (Å²) in [6, 6.07) is 5.41. The molecule has 20 heavy (non-hydrogen) atoms. The molecule has 1 aromatic rings. The quantitative estimate of drug-likeness (QED) is 0.754. The average Bonchev–Trinajstić information content (AvgIpc) is 2.47. The summed E-state index contributed by atoms with van der Waals surface area (Å²) >= 11 is 0. The number of methoxy groups -OCH3 is 1. The standard InChI is InChI=1S/C17H24O3/c1-4-13-5-7-14(8-6-13)20-17-11-15(19-3)9-10-16(17)12(2)18/h9-11,13-14H,4-8H2,1-3H3. The summed E-state index contributed by atoms with van der Waals surface area (Å²) in [5, 5.41) is 0. The van der Waals surface area contributed by atoms with Crippen molar-refractivity contribution >= 4 is 5.78 Å². The molecule has 2 rings (SSSR count). The van der Waals surface area contributed by atoms with Crippen molar-refractivity contribution in [3.63, 3.8) is 0 Å². The fraction of sp³-hybridized carbons (Fsp3) is 0.588. The van der Waals surface area contributed by atoms with Crippen LogP contribution in [0, 0.1) is 5.92 Å². The maximum Gasteiger partial charge on any atom is 0.163 e. The zero-order valence-corrected chi connectivity index (χ0v) is 12.6. The van der Waals surface area contributed by atoms with Gasteiger partial charge in [-0.05, 0) is 50.7 Å². The van der Waals surface area contributed by atoms with E-state index in [0.29, 0.717) is 11.3 Å². The Morgan fingerprint density at radius 3 is 2.50 bits per heavy atom. The predicted octanol–water partition coefficient (Wildman–Crippen LogP) is 4.25. The Morgan fingerprint density at radius 2 is 1.95 bits per heavy atom. The molecule has 0 saturated heterocycles. The maximum atomic E-state index is 11.7. The van der Waals surface area contributed by atoms with Crippen molar-refractivity contribution in [3.05, 3.63) is 23.8 Å². The minimum atomic E-state index is 0.0323. The SMILES string of the molecule is CCC1CCC(Oc2cc(OC)ccc2C(C)=O)CC1. The van der Waals surface area contributed by atoms with Crippen LogP contribution in [0.5, 0.6) is 11.5 Å². The van der Waals surface area contributed by atoms with E-state index in [1.54, 1.807) is 26.2 Å². The molecule has 0 N–H and O–H groups in total. The normalized spacial score (nSPS) is 22.4. The van der Waals surface area contributed by atoms with Crippen LogP contribution in [-0.4, -0.2) is 19.0 Å². The van der Waals surface area contributed by atoms with Crippen molar-refractivity contribution < 1.29 is 14.3 Å². The molecular formula is C17H24O3. The van der Waals surface area contributed by atoms with Gasteiger partial charge >= 0.3 is 0 Å². The summed E-state index contributed by atoms with van der Waals surface area (Å²) in [5.74, 6) is 2.27. The molecule has 1 aromatic carbocycles. The first kappa shape index (κ1) is 14.9. The Kier molecular flexibility index (Phi) is 5.05. The van der Waals surface area contributed by atoms with E-state index in [9.17, 15) is 4.79 Å². The van der Waals surface area contributed by atoms with Crippen molar-refractivity contribution in [2.45, 2.75) is 52.1 Å². The summed E-state index contributed by atoms with van der Waals surface area (Å²) in [4.78, 5) is 11.7. The van der Waals surface area contributed by atoms with Crippen molar-refractivity contribution in [1.82, 2.24) is 0 Å². The lowest BCUT2D eigenvalue weighted by Crippen LogP contribution is -2.24. The summed E-state index contributed by atoms with van der Waals surface area (Å²) in [6.45, 7) is 3.82. The van der Waals surface area contributed by atoms with Crippen LogP contribution in [0.4, 0.5) is 0 Å². The largest absolute Gasteiger partial charge is 0.497 e. The average molecular weight is 276 g/mol. The molecule has 0 radical (unpaired) electrons. The molecule has 110 valence electrons. The lowest BCUT2D eigenvalue weighted by atomic mass is 9.86. The second kappa shape index (κ2) is 6.78. The minimum Gasteiger partial charge on any atom is -0.497 e. The number of Topliss-reactive ketones (excluding diaryl/α,β-unsaturated/α-hetero) is 1. The first-order chi connectivity index (χ1) is 9.63. The third-order valence-corrected chi connectivity index (χ3v) is 4.23. The van der Waals surface area contributed by atoms with Gasteiger partial charge in [0.1, 0.15) is 11.5 Å². The lowest BCUT2D eigenvalue weighted by molar-refractivity contribution is 0.0993. The Bertz CT molecular complexity index is 459. The van der Waals surface area contributed by atoms with E-state index >= 15 is 0 Å². The van der Waals surface area contributed by atoms with Crippen LogP contribution < -0.4 is 9.47 Å². The molecule has 0 bridgehead atoms. The van der Waals surface area contributed by atoms with Crippen molar-refractivity contribution in [2.75, 3.05) is 7.11 Å². The van der Waals surface area contributed by atoms with E-state index in [1.165, 1.54) is 19.3 Å². The molecule has 0 aliphatic heterocycles. The summed E-state index contributed by atoms with van der Waals surface area (Å²) in [7, 11) is 1.62. The molecule has 0 atom stereocenters. The van der Waals surface area contributed by atoms with Gasteiger partial charge < -0.3 is 9.47 Å². The first-order valence-electron chi connectivity index (χ1n) is 7.49. The predicted molar refractivity (Wildman–Crippen MR) is 79.7 cm³/mol. The number of benzene rings is 1. The Morgan fingerprint density at radius 1 is 1.25 bits per heavy atom. The molecule has 1 aliphatic carbocycles. The number of carbonyl (C=O) groups is 1. The fourth-order valence-electron chi connectivity index (χ4n) is 2.86. The third-order valence-electron chi connectivity index (χ3n) is 4.23. The second-order valence-corrected chi connectivity index (χ2v) is 5.59. The minimum absolute atomic E-state index is 0.0323. The number of carbonyl (C=O) groups excluding carboxylic acids is 1. The van der Waals surface area contributed by atoms with Crippen LogP contribution in [-0.2, 0) is 0 Å². The molecule has 1 saturated carbocycles. The van der Waals surface area contributed by atoms with Gasteiger partial charge in [-0.3, -0.25) is 4.79 Å². The van der Waals surface area contributed by atoms with Crippen LogP contribution in [0.25, 0.3) is 0 Å². The summed E-state index contributed by atoms with van der Waals surface area (Å²) < 4.78 is 11.3. The van der Waals surface area contributed by atoms with Crippen LogP contribution in [0.2, 0.25) is 0 Å². The topological polar surface area (TPSA) is 35.5 Å². The maximum absolute atomic E-state index is 11.7. The molecule has 3 nitrogen and oxygen atoms in total.